The van der Waals surface area contributed by atoms with Gasteiger partial charge in [-0.25, -0.2) is 9.78 Å². The molecule has 0 saturated heterocycles. The van der Waals surface area contributed by atoms with Crippen LogP contribution >= 0.6 is 0 Å². The van der Waals surface area contributed by atoms with Crippen LogP contribution in [-0.2, 0) is 4.74 Å². The van der Waals surface area contributed by atoms with Crippen molar-refractivity contribution in [3.05, 3.63) is 30.8 Å². The van der Waals surface area contributed by atoms with Crippen LogP contribution in [0.2, 0.25) is 0 Å². The van der Waals surface area contributed by atoms with Gasteiger partial charge in [0.2, 0.25) is 5.88 Å². The van der Waals surface area contributed by atoms with Gasteiger partial charge in [0, 0.05) is 6.20 Å². The Morgan fingerprint density at radius 3 is 3.00 bits per heavy atom. The fourth-order valence-electron chi connectivity index (χ4n) is 1.04. The van der Waals surface area contributed by atoms with Crippen molar-refractivity contribution in [2.24, 2.45) is 0 Å². The molecule has 0 saturated carbocycles. The summed E-state index contributed by atoms with van der Waals surface area (Å²) in [5.41, 5.74) is 0.329. The average Bonchev–Trinajstić information content (AvgIpc) is 2.18. The van der Waals surface area contributed by atoms with Crippen molar-refractivity contribution in [1.82, 2.24) is 4.98 Å². The van der Waals surface area contributed by atoms with Crippen LogP contribution in [0.5, 0.6) is 5.88 Å². The highest BCUT2D eigenvalue weighted by atomic mass is 16.5. The van der Waals surface area contributed by atoms with Gasteiger partial charge in [-0.1, -0.05) is 0 Å². The fraction of sp³-hybridized carbons (Fsp3) is 0.364. The first-order chi connectivity index (χ1) is 7.15. The molecule has 0 N–H and O–H groups in total. The van der Waals surface area contributed by atoms with Gasteiger partial charge in [0.15, 0.2) is 0 Å². The van der Waals surface area contributed by atoms with Gasteiger partial charge in [-0.3, -0.25) is 0 Å². The van der Waals surface area contributed by atoms with Gasteiger partial charge in [0.25, 0.3) is 0 Å². The van der Waals surface area contributed by atoms with Gasteiger partial charge in [0.05, 0.1) is 12.7 Å². The van der Waals surface area contributed by atoms with E-state index in [0.29, 0.717) is 18.1 Å². The molecule has 0 spiro atoms. The van der Waals surface area contributed by atoms with Crippen LogP contribution < -0.4 is 4.74 Å². The summed E-state index contributed by atoms with van der Waals surface area (Å²) >= 11 is 0. The maximum atomic E-state index is 11.6. The largest absolute Gasteiger partial charge is 0.477 e. The lowest BCUT2D eigenvalue weighted by Gasteiger charge is -2.10. The first kappa shape index (κ1) is 11.5. The molecule has 81 valence electrons. The summed E-state index contributed by atoms with van der Waals surface area (Å²) in [5.74, 6) is -0.167. The van der Waals surface area contributed by atoms with Crippen molar-refractivity contribution in [1.29, 1.82) is 0 Å². The molecule has 0 aliphatic carbocycles. The molecule has 1 aromatic rings. The SMILES string of the molecule is [CH2]C(C)OC(=O)c1cccnc1OCC. The predicted molar refractivity (Wildman–Crippen MR) is 55.6 cm³/mol. The lowest BCUT2D eigenvalue weighted by Crippen LogP contribution is -2.13. The highest BCUT2D eigenvalue weighted by Crippen LogP contribution is 2.15. The molecule has 1 atom stereocenters. The van der Waals surface area contributed by atoms with Crippen LogP contribution in [0.25, 0.3) is 0 Å². The summed E-state index contributed by atoms with van der Waals surface area (Å²) in [6.07, 6.45) is 1.17. The minimum Gasteiger partial charge on any atom is -0.477 e. The zero-order valence-electron chi connectivity index (χ0n) is 8.90. The van der Waals surface area contributed by atoms with Crippen molar-refractivity contribution in [2.75, 3.05) is 6.61 Å². The summed E-state index contributed by atoms with van der Waals surface area (Å²) < 4.78 is 10.2. The van der Waals surface area contributed by atoms with Crippen molar-refractivity contribution in [3.8, 4) is 5.88 Å². The monoisotopic (exact) mass is 208 g/mol. The molecule has 4 nitrogen and oxygen atoms in total. The Morgan fingerprint density at radius 1 is 1.67 bits per heavy atom. The summed E-state index contributed by atoms with van der Waals surface area (Å²) in [5, 5.41) is 0. The molecule has 1 radical (unpaired) electrons. The Bertz CT molecular complexity index is 336. The zero-order chi connectivity index (χ0) is 11.3. The second-order valence-corrected chi connectivity index (χ2v) is 3.01. The Hall–Kier alpha value is -1.58. The van der Waals surface area contributed by atoms with Gasteiger partial charge in [-0.2, -0.15) is 0 Å². The number of hydrogen-bond donors (Lipinski definition) is 0. The number of carbonyl (C=O) groups is 1. The number of nitrogens with zero attached hydrogens (tertiary/aromatic N) is 1. The van der Waals surface area contributed by atoms with Crippen molar-refractivity contribution >= 4 is 5.97 Å². The number of aromatic nitrogens is 1. The average molecular weight is 208 g/mol. The summed E-state index contributed by atoms with van der Waals surface area (Å²) in [6, 6.07) is 3.27. The number of esters is 1. The van der Waals surface area contributed by atoms with Crippen LogP contribution in [0.1, 0.15) is 24.2 Å². The van der Waals surface area contributed by atoms with Crippen molar-refractivity contribution < 1.29 is 14.3 Å². The van der Waals surface area contributed by atoms with Gasteiger partial charge in [-0.05, 0) is 32.9 Å². The van der Waals surface area contributed by atoms with Crippen molar-refractivity contribution in [3.63, 3.8) is 0 Å². The number of rotatable bonds is 4. The third kappa shape index (κ3) is 3.23. The number of pyridine rings is 1. The molecule has 0 amide bonds. The van der Waals surface area contributed by atoms with Crippen molar-refractivity contribution in [2.45, 2.75) is 20.0 Å². The second-order valence-electron chi connectivity index (χ2n) is 3.01. The molecule has 0 aliphatic rings. The molecular weight excluding hydrogens is 194 g/mol. The third-order valence-corrected chi connectivity index (χ3v) is 1.58. The van der Waals surface area contributed by atoms with Gasteiger partial charge in [0.1, 0.15) is 5.56 Å². The zero-order valence-corrected chi connectivity index (χ0v) is 8.90. The topological polar surface area (TPSA) is 48.4 Å². The second kappa shape index (κ2) is 5.34. The highest BCUT2D eigenvalue weighted by Gasteiger charge is 2.15. The molecule has 15 heavy (non-hydrogen) atoms. The van der Waals surface area contributed by atoms with Gasteiger partial charge in [-0.15, -0.1) is 0 Å². The quantitative estimate of drug-likeness (QED) is 0.708. The Kier molecular flexibility index (Phi) is 4.09. The maximum Gasteiger partial charge on any atom is 0.343 e. The molecule has 0 aromatic carbocycles. The molecule has 4 heteroatoms. The molecule has 1 unspecified atom stereocenters. The van der Waals surface area contributed by atoms with Crippen LogP contribution in [0.15, 0.2) is 18.3 Å². The molecule has 0 aliphatic heterocycles. The highest BCUT2D eigenvalue weighted by molar-refractivity contribution is 5.91. The molecule has 1 aromatic heterocycles. The summed E-state index contributed by atoms with van der Waals surface area (Å²) in [7, 11) is 0. The summed E-state index contributed by atoms with van der Waals surface area (Å²) in [4.78, 5) is 15.5. The van der Waals surface area contributed by atoms with E-state index in [2.05, 4.69) is 11.9 Å². The first-order valence-electron chi connectivity index (χ1n) is 4.77. The molecule has 0 bridgehead atoms. The third-order valence-electron chi connectivity index (χ3n) is 1.58. The Morgan fingerprint density at radius 2 is 2.40 bits per heavy atom. The number of carbonyl (C=O) groups excluding carboxylic acids is 1. The minimum atomic E-state index is -0.464. The maximum absolute atomic E-state index is 11.6. The van der Waals surface area contributed by atoms with E-state index >= 15 is 0 Å². The van der Waals surface area contributed by atoms with E-state index < -0.39 is 12.1 Å². The van der Waals surface area contributed by atoms with Gasteiger partial charge < -0.3 is 9.47 Å². The van der Waals surface area contributed by atoms with E-state index in [0.717, 1.165) is 0 Å². The minimum absolute atomic E-state index is 0.297. The van der Waals surface area contributed by atoms with E-state index in [4.69, 9.17) is 9.47 Å². The Labute approximate surface area is 89.2 Å². The number of hydrogen-bond acceptors (Lipinski definition) is 4. The molecular formula is C11H14NO3. The van der Waals surface area contributed by atoms with Crippen LogP contribution in [0, 0.1) is 6.92 Å². The normalized spacial score (nSPS) is 10.1. The van der Waals surface area contributed by atoms with E-state index in [1.54, 1.807) is 25.3 Å². The van der Waals surface area contributed by atoms with Gasteiger partial charge >= 0.3 is 5.97 Å². The summed E-state index contributed by atoms with van der Waals surface area (Å²) in [6.45, 7) is 7.55. The van der Waals surface area contributed by atoms with E-state index in [1.165, 1.54) is 0 Å². The molecule has 0 fully saturated rings. The van der Waals surface area contributed by atoms with E-state index in [1.807, 2.05) is 6.92 Å². The molecule has 1 heterocycles. The van der Waals surface area contributed by atoms with E-state index in [9.17, 15) is 4.79 Å². The van der Waals surface area contributed by atoms with E-state index in [-0.39, 0.29) is 0 Å². The lowest BCUT2D eigenvalue weighted by molar-refractivity contribution is 0.0415. The van der Waals surface area contributed by atoms with Crippen LogP contribution in [0.3, 0.4) is 0 Å². The van der Waals surface area contributed by atoms with Crippen LogP contribution in [-0.4, -0.2) is 23.7 Å². The van der Waals surface area contributed by atoms with Crippen LogP contribution in [0.4, 0.5) is 0 Å². The molecule has 1 rings (SSSR count). The Balaban J connectivity index is 2.87. The smallest absolute Gasteiger partial charge is 0.343 e. The number of ether oxygens (including phenoxy) is 2. The standard InChI is InChI=1S/C11H14NO3/c1-4-14-10-9(6-5-7-12-10)11(13)15-8(2)3/h5-8H,2,4H2,1,3H3. The predicted octanol–water partition coefficient (Wildman–Crippen LogP) is 1.86. The first-order valence-corrected chi connectivity index (χ1v) is 4.77. The fourth-order valence-corrected chi connectivity index (χ4v) is 1.04. The lowest BCUT2D eigenvalue weighted by atomic mass is 10.3.